The number of benzene rings is 1. The van der Waals surface area contributed by atoms with Crippen LogP contribution in [-0.2, 0) is 0 Å². The molecule has 62 valence electrons. The molecule has 4 heteroatoms. The molecule has 0 nitrogen and oxygen atoms in total. The molecular weight excluding hydrogens is 219 g/mol. The van der Waals surface area contributed by atoms with Crippen molar-refractivity contribution >= 4 is 40.0 Å². The highest BCUT2D eigenvalue weighted by Gasteiger charge is 1.85. The Morgan fingerprint density at radius 3 is 1.55 bits per heavy atom. The van der Waals surface area contributed by atoms with E-state index in [2.05, 4.69) is 19.1 Å². The summed E-state index contributed by atoms with van der Waals surface area (Å²) in [6, 6.07) is 10.3. The predicted molar refractivity (Wildman–Crippen MR) is 55.9 cm³/mol. The minimum atomic E-state index is -1.72. The van der Waals surface area contributed by atoms with Gasteiger partial charge in [-0.1, -0.05) is 35.9 Å². The van der Waals surface area contributed by atoms with Crippen LogP contribution in [0.25, 0.3) is 0 Å². The summed E-state index contributed by atoms with van der Waals surface area (Å²) in [6.07, 6.45) is 0. The van der Waals surface area contributed by atoms with Crippen molar-refractivity contribution in [2.75, 3.05) is 0 Å². The van der Waals surface area contributed by atoms with Crippen molar-refractivity contribution < 1.29 is 0 Å². The van der Waals surface area contributed by atoms with Gasteiger partial charge in [-0.3, -0.25) is 0 Å². The first kappa shape index (κ1) is 11.3. The lowest BCUT2D eigenvalue weighted by Gasteiger charge is -1.82. The largest absolute Gasteiger partial charge is 0.326 e. The summed E-state index contributed by atoms with van der Waals surface area (Å²) in [5.41, 5.74) is 1.32. The van der Waals surface area contributed by atoms with Gasteiger partial charge in [-0.25, -0.2) is 0 Å². The normalized spacial score (nSPS) is 8.82. The van der Waals surface area contributed by atoms with Gasteiger partial charge in [0.25, 0.3) is 0 Å². The number of aryl methyl sites for hydroxylation is 1. The molecule has 0 radical (unpaired) electrons. The first-order valence-corrected chi connectivity index (χ1v) is 8.30. The molecule has 0 aliphatic heterocycles. The minimum absolute atomic E-state index is 1.32. The highest BCUT2D eigenvalue weighted by molar-refractivity contribution is 7.54. The van der Waals surface area contributed by atoms with Gasteiger partial charge in [0, 0.05) is 0 Å². The highest BCUT2D eigenvalue weighted by Crippen LogP contribution is 1.97. The van der Waals surface area contributed by atoms with E-state index in [1.54, 1.807) is 0 Å². The Morgan fingerprint density at radius 2 is 1.36 bits per heavy atom. The second-order valence-corrected chi connectivity index (χ2v) is 8.34. The number of hydrogen-bond donors (Lipinski definition) is 0. The summed E-state index contributed by atoms with van der Waals surface area (Å²) in [5, 5.41) is 0. The van der Waals surface area contributed by atoms with Crippen molar-refractivity contribution in [1.82, 2.24) is 0 Å². The summed E-state index contributed by atoms with van der Waals surface area (Å²) in [5.74, 6) is 0. The van der Waals surface area contributed by atoms with Crippen LogP contribution >= 0.6 is 33.2 Å². The molecule has 0 unspecified atom stereocenters. The molecule has 0 N–H and O–H groups in total. The van der Waals surface area contributed by atoms with Crippen LogP contribution in [0.1, 0.15) is 5.56 Å². The predicted octanol–water partition coefficient (Wildman–Crippen LogP) is 3.42. The maximum atomic E-state index is 4.94. The Hall–Kier alpha value is 0.307. The molecule has 1 aromatic rings. The average molecular weight is 228 g/mol. The van der Waals surface area contributed by atoms with Gasteiger partial charge in [0.1, 0.15) is 0 Å². The first-order chi connectivity index (χ1) is 5.13. The molecule has 0 spiro atoms. The maximum absolute atomic E-state index is 4.94. The third-order valence-corrected chi connectivity index (χ3v) is 0.940. The van der Waals surface area contributed by atoms with Gasteiger partial charge >= 0.3 is 6.73 Å². The monoisotopic (exact) mass is 226 g/mol. The summed E-state index contributed by atoms with van der Waals surface area (Å²) in [7, 11) is 0. The van der Waals surface area contributed by atoms with Crippen molar-refractivity contribution in [3.05, 3.63) is 35.9 Å². The van der Waals surface area contributed by atoms with Crippen LogP contribution in [0.15, 0.2) is 30.3 Å². The van der Waals surface area contributed by atoms with Crippen LogP contribution < -0.4 is 0 Å². The van der Waals surface area contributed by atoms with E-state index < -0.39 is 6.73 Å². The molecule has 0 amide bonds. The molecule has 0 saturated heterocycles. The van der Waals surface area contributed by atoms with Crippen LogP contribution in [0.3, 0.4) is 0 Å². The van der Waals surface area contributed by atoms with Crippen LogP contribution in [0.5, 0.6) is 0 Å². The molecule has 0 aromatic heterocycles. The lowest BCUT2D eigenvalue weighted by molar-refractivity contribution is 1.48. The fraction of sp³-hybridized carbons (Fsp3) is 0.143. The van der Waals surface area contributed by atoms with Gasteiger partial charge < -0.3 is 0 Å². The van der Waals surface area contributed by atoms with Gasteiger partial charge in [-0.05, 0) is 6.92 Å². The van der Waals surface area contributed by atoms with Crippen molar-refractivity contribution in [2.24, 2.45) is 0 Å². The summed E-state index contributed by atoms with van der Waals surface area (Å²) < 4.78 is 0. The van der Waals surface area contributed by atoms with Crippen molar-refractivity contribution in [3.8, 4) is 0 Å². The lowest BCUT2D eigenvalue weighted by atomic mass is 10.2. The molecule has 0 bridgehead atoms. The Morgan fingerprint density at radius 1 is 1.00 bits per heavy atom. The average Bonchev–Trinajstić information content (AvgIpc) is 1.87. The number of halogens is 3. The van der Waals surface area contributed by atoms with E-state index in [1.807, 2.05) is 18.2 Å². The molecule has 0 aliphatic carbocycles. The molecule has 1 rings (SSSR count). The van der Waals surface area contributed by atoms with E-state index in [9.17, 15) is 0 Å². The summed E-state index contributed by atoms with van der Waals surface area (Å²) >= 11 is 14.8. The van der Waals surface area contributed by atoms with Crippen LogP contribution in [0, 0.1) is 6.92 Å². The zero-order chi connectivity index (χ0) is 8.69. The SMILES string of the molecule is Cc1ccccc1.Cl[SiH](Cl)Cl. The molecule has 1 aromatic carbocycles. The molecule has 0 saturated carbocycles. The fourth-order valence-electron chi connectivity index (χ4n) is 0.534. The number of hydrogen-bond acceptors (Lipinski definition) is 0. The zero-order valence-corrected chi connectivity index (χ0v) is 9.52. The maximum Gasteiger partial charge on any atom is 0.326 e. The second-order valence-electron chi connectivity index (χ2n) is 1.90. The van der Waals surface area contributed by atoms with Crippen LogP contribution in [-0.4, -0.2) is 6.73 Å². The highest BCUT2D eigenvalue weighted by atomic mass is 35.8. The van der Waals surface area contributed by atoms with Gasteiger partial charge in [0.15, 0.2) is 0 Å². The van der Waals surface area contributed by atoms with Gasteiger partial charge in [-0.15, -0.1) is 33.2 Å². The Bertz CT molecular complexity index is 174. The number of rotatable bonds is 0. The lowest BCUT2D eigenvalue weighted by Crippen LogP contribution is -1.66. The standard InChI is InChI=1S/C7H8.Cl3HSi/c1-7-5-3-2-4-6-7;1-4(2)3/h2-6H,1H3;4H. The van der Waals surface area contributed by atoms with E-state index in [0.29, 0.717) is 0 Å². The van der Waals surface area contributed by atoms with Gasteiger partial charge in [0.2, 0.25) is 0 Å². The topological polar surface area (TPSA) is 0 Å². The Kier molecular flexibility index (Phi) is 7.18. The summed E-state index contributed by atoms with van der Waals surface area (Å²) in [4.78, 5) is 0. The van der Waals surface area contributed by atoms with E-state index in [-0.39, 0.29) is 0 Å². The molecule has 0 fully saturated rings. The fourth-order valence-corrected chi connectivity index (χ4v) is 0.534. The van der Waals surface area contributed by atoms with Crippen molar-refractivity contribution in [1.29, 1.82) is 0 Å². The van der Waals surface area contributed by atoms with Crippen molar-refractivity contribution in [2.45, 2.75) is 6.92 Å². The Balaban J connectivity index is 0.000000218. The van der Waals surface area contributed by atoms with E-state index in [4.69, 9.17) is 33.2 Å². The molecule has 0 heterocycles. The van der Waals surface area contributed by atoms with Gasteiger partial charge in [0.05, 0.1) is 0 Å². The first-order valence-electron chi connectivity index (χ1n) is 3.07. The molecule has 0 aliphatic rings. The third-order valence-electron chi connectivity index (χ3n) is 0.940. The van der Waals surface area contributed by atoms with E-state index in [1.165, 1.54) is 5.56 Å². The Labute approximate surface area is 82.8 Å². The molecule has 0 atom stereocenters. The molecule has 11 heavy (non-hydrogen) atoms. The van der Waals surface area contributed by atoms with E-state index in [0.717, 1.165) is 0 Å². The summed E-state index contributed by atoms with van der Waals surface area (Å²) in [6.45, 7) is 0.361. The van der Waals surface area contributed by atoms with Crippen LogP contribution in [0.4, 0.5) is 0 Å². The van der Waals surface area contributed by atoms with Gasteiger partial charge in [-0.2, -0.15) is 0 Å². The van der Waals surface area contributed by atoms with Crippen LogP contribution in [0.2, 0.25) is 0 Å². The quantitative estimate of drug-likeness (QED) is 0.471. The van der Waals surface area contributed by atoms with E-state index >= 15 is 0 Å². The minimum Gasteiger partial charge on any atom is -0.130 e. The smallest absolute Gasteiger partial charge is 0.130 e. The molecular formula is C7H9Cl3Si. The van der Waals surface area contributed by atoms with Crippen molar-refractivity contribution in [3.63, 3.8) is 0 Å². The zero-order valence-electron chi connectivity index (χ0n) is 6.10. The third kappa shape index (κ3) is 10.3. The second kappa shape index (κ2) is 6.98.